The van der Waals surface area contributed by atoms with Gasteiger partial charge in [-0.25, -0.2) is 0 Å². The van der Waals surface area contributed by atoms with E-state index in [1.165, 1.54) is 0 Å². The van der Waals surface area contributed by atoms with E-state index < -0.39 is 17.0 Å². The highest BCUT2D eigenvalue weighted by molar-refractivity contribution is 6.34. The van der Waals surface area contributed by atoms with Crippen LogP contribution in [0.5, 0.6) is 5.75 Å². The van der Waals surface area contributed by atoms with Crippen molar-refractivity contribution >= 4 is 35.1 Å². The standard InChI is InChI=1S/C21H25Cl2NO4/c1-20(2,28-16-7-14(22)3-4-15(16)23)18(25)24-17-12-5-11-6-13(17)10-21(8-11,9-12)19(26)27/h3-4,7,11-13,17H,5-6,8-10H2,1-2H3,(H,24,25)(H,26,27). The summed E-state index contributed by atoms with van der Waals surface area (Å²) in [5.74, 6) is 0.385. The van der Waals surface area contributed by atoms with Crippen LogP contribution in [0.25, 0.3) is 0 Å². The van der Waals surface area contributed by atoms with E-state index >= 15 is 0 Å². The number of carboxylic acid groups (broad SMARTS) is 1. The van der Waals surface area contributed by atoms with Crippen molar-refractivity contribution in [2.24, 2.45) is 23.2 Å². The lowest BCUT2D eigenvalue weighted by atomic mass is 9.48. The molecule has 4 saturated carbocycles. The van der Waals surface area contributed by atoms with Gasteiger partial charge in [0.05, 0.1) is 10.4 Å². The second-order valence-electron chi connectivity index (χ2n) is 9.24. The fourth-order valence-electron chi connectivity index (χ4n) is 5.72. The highest BCUT2D eigenvalue weighted by Gasteiger charge is 2.59. The summed E-state index contributed by atoms with van der Waals surface area (Å²) < 4.78 is 5.90. The average molecular weight is 426 g/mol. The highest BCUT2D eigenvalue weighted by Crippen LogP contribution is 2.60. The summed E-state index contributed by atoms with van der Waals surface area (Å²) in [5, 5.41) is 13.8. The molecule has 0 heterocycles. The van der Waals surface area contributed by atoms with E-state index in [1.54, 1.807) is 32.0 Å². The van der Waals surface area contributed by atoms with Crippen LogP contribution in [0.4, 0.5) is 0 Å². The molecule has 2 N–H and O–H groups in total. The third-order valence-corrected chi connectivity index (χ3v) is 7.38. The molecule has 7 heteroatoms. The summed E-state index contributed by atoms with van der Waals surface area (Å²) >= 11 is 12.2. The van der Waals surface area contributed by atoms with Crippen molar-refractivity contribution in [2.45, 2.75) is 57.6 Å². The minimum Gasteiger partial charge on any atom is -0.481 e. The van der Waals surface area contributed by atoms with Gasteiger partial charge in [0.25, 0.3) is 5.91 Å². The number of hydrogen-bond acceptors (Lipinski definition) is 3. The average Bonchev–Trinajstić information content (AvgIpc) is 2.60. The Labute approximate surface area is 174 Å². The number of nitrogens with one attached hydrogen (secondary N) is 1. The van der Waals surface area contributed by atoms with Gasteiger partial charge in [0.2, 0.25) is 0 Å². The maximum atomic E-state index is 13.0. The number of halogens is 2. The van der Waals surface area contributed by atoms with Gasteiger partial charge >= 0.3 is 5.97 Å². The van der Waals surface area contributed by atoms with Crippen molar-refractivity contribution in [1.29, 1.82) is 0 Å². The monoisotopic (exact) mass is 425 g/mol. The van der Waals surface area contributed by atoms with Crippen molar-refractivity contribution in [1.82, 2.24) is 5.32 Å². The van der Waals surface area contributed by atoms with Crippen molar-refractivity contribution < 1.29 is 19.4 Å². The second-order valence-corrected chi connectivity index (χ2v) is 10.1. The van der Waals surface area contributed by atoms with Crippen molar-refractivity contribution in [3.63, 3.8) is 0 Å². The molecule has 2 atom stereocenters. The summed E-state index contributed by atoms with van der Waals surface area (Å²) in [6, 6.07) is 4.90. The maximum Gasteiger partial charge on any atom is 0.309 e. The Morgan fingerprint density at radius 2 is 1.82 bits per heavy atom. The van der Waals surface area contributed by atoms with Crippen LogP contribution in [0.2, 0.25) is 10.0 Å². The van der Waals surface area contributed by atoms with E-state index in [4.69, 9.17) is 27.9 Å². The molecule has 0 saturated heterocycles. The van der Waals surface area contributed by atoms with Gasteiger partial charge in [-0.2, -0.15) is 0 Å². The molecule has 0 aliphatic heterocycles. The van der Waals surface area contributed by atoms with Crippen LogP contribution < -0.4 is 10.1 Å². The number of benzene rings is 1. The number of rotatable bonds is 5. The van der Waals surface area contributed by atoms with Gasteiger partial charge < -0.3 is 15.2 Å². The third-order valence-electron chi connectivity index (χ3n) is 6.83. The van der Waals surface area contributed by atoms with E-state index in [0.29, 0.717) is 34.6 Å². The van der Waals surface area contributed by atoms with E-state index in [0.717, 1.165) is 19.3 Å². The molecule has 4 aliphatic carbocycles. The number of aliphatic carboxylic acids is 1. The summed E-state index contributed by atoms with van der Waals surface area (Å²) in [4.78, 5) is 24.9. The molecule has 0 aromatic heterocycles. The smallest absolute Gasteiger partial charge is 0.309 e. The molecule has 0 radical (unpaired) electrons. The maximum absolute atomic E-state index is 13.0. The van der Waals surface area contributed by atoms with Crippen LogP contribution in [0, 0.1) is 23.2 Å². The topological polar surface area (TPSA) is 75.6 Å². The van der Waals surface area contributed by atoms with Gasteiger partial charge in [-0.1, -0.05) is 23.2 Å². The number of carbonyl (C=O) groups excluding carboxylic acids is 1. The fraction of sp³-hybridized carbons (Fsp3) is 0.619. The highest BCUT2D eigenvalue weighted by atomic mass is 35.5. The van der Waals surface area contributed by atoms with Crippen LogP contribution in [-0.4, -0.2) is 28.6 Å². The van der Waals surface area contributed by atoms with Crippen molar-refractivity contribution in [3.8, 4) is 5.75 Å². The Balaban J connectivity index is 1.48. The summed E-state index contributed by atoms with van der Waals surface area (Å²) in [6.45, 7) is 3.41. The van der Waals surface area contributed by atoms with Gasteiger partial charge in [0.1, 0.15) is 5.75 Å². The van der Waals surface area contributed by atoms with Crippen LogP contribution in [-0.2, 0) is 9.59 Å². The molecule has 0 spiro atoms. The molecule has 2 unspecified atom stereocenters. The SMILES string of the molecule is CC(C)(Oc1cc(Cl)ccc1Cl)C(=O)NC1C2CC3CC1CC(C(=O)O)(C3)C2. The van der Waals surface area contributed by atoms with E-state index in [2.05, 4.69) is 5.32 Å². The molecular formula is C21H25Cl2NO4. The zero-order chi connectivity index (χ0) is 20.3. The normalized spacial score (nSPS) is 33.6. The zero-order valence-electron chi connectivity index (χ0n) is 16.0. The predicted octanol–water partition coefficient (Wildman–Crippen LogP) is 4.55. The Bertz CT molecular complexity index is 809. The van der Waals surface area contributed by atoms with E-state index in [-0.39, 0.29) is 23.8 Å². The number of ether oxygens (including phenoxy) is 1. The lowest BCUT2D eigenvalue weighted by Gasteiger charge is -2.58. The Kier molecular flexibility index (Phi) is 4.82. The first kappa shape index (κ1) is 19.8. The zero-order valence-corrected chi connectivity index (χ0v) is 17.5. The molecule has 4 bridgehead atoms. The van der Waals surface area contributed by atoms with Gasteiger partial charge in [-0.15, -0.1) is 0 Å². The molecule has 5 nitrogen and oxygen atoms in total. The number of carbonyl (C=O) groups is 2. The molecule has 1 amide bonds. The first-order valence-electron chi connectivity index (χ1n) is 9.78. The molecule has 28 heavy (non-hydrogen) atoms. The quantitative estimate of drug-likeness (QED) is 0.725. The van der Waals surface area contributed by atoms with Gasteiger partial charge in [0.15, 0.2) is 5.60 Å². The van der Waals surface area contributed by atoms with Crippen LogP contribution in [0.15, 0.2) is 18.2 Å². The molecule has 152 valence electrons. The second kappa shape index (κ2) is 6.81. The third kappa shape index (κ3) is 3.37. The minimum absolute atomic E-state index is 0.00855. The van der Waals surface area contributed by atoms with Gasteiger partial charge in [-0.05, 0) is 75.8 Å². The first-order valence-corrected chi connectivity index (χ1v) is 10.5. The Morgan fingerprint density at radius 3 is 2.43 bits per heavy atom. The molecule has 4 aliphatic rings. The lowest BCUT2D eigenvalue weighted by Crippen LogP contribution is -2.63. The summed E-state index contributed by atoms with van der Waals surface area (Å²) in [7, 11) is 0. The van der Waals surface area contributed by atoms with Crippen LogP contribution in [0.1, 0.15) is 46.0 Å². The molecule has 4 fully saturated rings. The number of carboxylic acids is 1. The predicted molar refractivity (Wildman–Crippen MR) is 107 cm³/mol. The molecule has 1 aromatic rings. The van der Waals surface area contributed by atoms with Crippen molar-refractivity contribution in [3.05, 3.63) is 28.2 Å². The summed E-state index contributed by atoms with van der Waals surface area (Å²) in [6.07, 6.45) is 4.09. The van der Waals surface area contributed by atoms with Crippen LogP contribution >= 0.6 is 23.2 Å². The number of hydrogen-bond donors (Lipinski definition) is 2. The van der Waals surface area contributed by atoms with Crippen molar-refractivity contribution in [2.75, 3.05) is 0 Å². The Morgan fingerprint density at radius 1 is 1.18 bits per heavy atom. The van der Waals surface area contributed by atoms with E-state index in [9.17, 15) is 14.7 Å². The van der Waals surface area contributed by atoms with E-state index in [1.807, 2.05) is 0 Å². The van der Waals surface area contributed by atoms with Crippen LogP contribution in [0.3, 0.4) is 0 Å². The number of amides is 1. The molecular weight excluding hydrogens is 401 g/mol. The lowest BCUT2D eigenvalue weighted by molar-refractivity contribution is -0.168. The van der Waals surface area contributed by atoms with Gasteiger partial charge in [0, 0.05) is 17.1 Å². The molecule has 5 rings (SSSR count). The fourth-order valence-corrected chi connectivity index (χ4v) is 6.04. The Hall–Kier alpha value is -1.46. The molecule has 1 aromatic carbocycles. The minimum atomic E-state index is -1.13. The summed E-state index contributed by atoms with van der Waals surface area (Å²) in [5.41, 5.74) is -1.72. The van der Waals surface area contributed by atoms with Gasteiger partial charge in [-0.3, -0.25) is 9.59 Å². The largest absolute Gasteiger partial charge is 0.481 e. The first-order chi connectivity index (χ1) is 13.1.